The molecule has 0 radical (unpaired) electrons. The van der Waals surface area contributed by atoms with Gasteiger partial charge in [0.2, 0.25) is 5.91 Å². The number of nitrogens with zero attached hydrogens (tertiary/aromatic N) is 2. The quantitative estimate of drug-likeness (QED) is 0.647. The predicted octanol–water partition coefficient (Wildman–Crippen LogP) is 3.20. The fourth-order valence-corrected chi connectivity index (χ4v) is 3.41. The van der Waals surface area contributed by atoms with E-state index in [9.17, 15) is 9.59 Å². The molecule has 1 aliphatic heterocycles. The maximum absolute atomic E-state index is 13.0. The molecule has 30 heavy (non-hydrogen) atoms. The van der Waals surface area contributed by atoms with E-state index < -0.39 is 0 Å². The minimum atomic E-state index is -0.264. The van der Waals surface area contributed by atoms with Gasteiger partial charge in [0, 0.05) is 32.2 Å². The molecule has 1 fully saturated rings. The van der Waals surface area contributed by atoms with Gasteiger partial charge in [0.15, 0.2) is 11.5 Å². The number of carbonyl (C=O) groups is 2. The lowest BCUT2D eigenvalue weighted by Gasteiger charge is -2.24. The molecule has 1 aromatic heterocycles. The second kappa shape index (κ2) is 10.9. The van der Waals surface area contributed by atoms with Crippen molar-refractivity contribution in [3.05, 3.63) is 53.4 Å². The highest BCUT2D eigenvalue weighted by Gasteiger charge is 2.24. The molecule has 2 heterocycles. The van der Waals surface area contributed by atoms with Gasteiger partial charge in [0.05, 0.1) is 12.6 Å². The zero-order chi connectivity index (χ0) is 21.3. The molecule has 7 nitrogen and oxygen atoms in total. The summed E-state index contributed by atoms with van der Waals surface area (Å²) >= 11 is 0. The van der Waals surface area contributed by atoms with Gasteiger partial charge in [0.1, 0.15) is 0 Å². The van der Waals surface area contributed by atoms with Crippen LogP contribution in [-0.4, -0.2) is 47.7 Å². The van der Waals surface area contributed by atoms with Gasteiger partial charge < -0.3 is 19.5 Å². The van der Waals surface area contributed by atoms with Crippen LogP contribution in [-0.2, 0) is 22.5 Å². The Bertz CT molecular complexity index is 813. The Morgan fingerprint density at radius 3 is 2.77 bits per heavy atom. The van der Waals surface area contributed by atoms with Crippen molar-refractivity contribution in [2.75, 3.05) is 19.7 Å². The Hall–Kier alpha value is -2.67. The highest BCUT2D eigenvalue weighted by Crippen LogP contribution is 2.17. The number of carbonyl (C=O) groups excluding carboxylic acids is 2. The van der Waals surface area contributed by atoms with Gasteiger partial charge in [-0.05, 0) is 30.7 Å². The van der Waals surface area contributed by atoms with Crippen molar-refractivity contribution in [2.45, 2.75) is 52.2 Å². The van der Waals surface area contributed by atoms with Gasteiger partial charge in [-0.2, -0.15) is 0 Å². The van der Waals surface area contributed by atoms with E-state index in [0.717, 1.165) is 25.0 Å². The first-order valence-electron chi connectivity index (χ1n) is 10.7. The monoisotopic (exact) mass is 413 g/mol. The fraction of sp³-hybridized carbons (Fsp3) is 0.522. The molecular formula is C23H31N3O4. The van der Waals surface area contributed by atoms with Crippen molar-refractivity contribution in [3.63, 3.8) is 0 Å². The third kappa shape index (κ3) is 6.69. The molecule has 2 aromatic rings. The summed E-state index contributed by atoms with van der Waals surface area (Å²) in [7, 11) is 0. The van der Waals surface area contributed by atoms with E-state index in [2.05, 4.69) is 10.5 Å². The zero-order valence-electron chi connectivity index (χ0n) is 17.8. The second-order valence-electron chi connectivity index (χ2n) is 8.18. The van der Waals surface area contributed by atoms with Crippen LogP contribution in [0.4, 0.5) is 0 Å². The number of rotatable bonds is 10. The van der Waals surface area contributed by atoms with Crippen LogP contribution < -0.4 is 5.32 Å². The first-order valence-corrected chi connectivity index (χ1v) is 10.7. The highest BCUT2D eigenvalue weighted by molar-refractivity contribution is 5.92. The van der Waals surface area contributed by atoms with Crippen LogP contribution in [0, 0.1) is 5.92 Å². The molecule has 0 bridgehead atoms. The van der Waals surface area contributed by atoms with Gasteiger partial charge in [-0.25, -0.2) is 0 Å². The molecule has 1 N–H and O–H groups in total. The van der Waals surface area contributed by atoms with Crippen molar-refractivity contribution < 1.29 is 18.8 Å². The molecule has 3 rings (SSSR count). The maximum atomic E-state index is 13.0. The van der Waals surface area contributed by atoms with Crippen molar-refractivity contribution in [1.29, 1.82) is 0 Å². The average Bonchev–Trinajstić information content (AvgIpc) is 3.43. The van der Waals surface area contributed by atoms with Crippen LogP contribution in [0.5, 0.6) is 0 Å². The third-order valence-electron chi connectivity index (χ3n) is 5.08. The Morgan fingerprint density at radius 2 is 2.07 bits per heavy atom. The average molecular weight is 414 g/mol. The molecule has 0 aliphatic carbocycles. The van der Waals surface area contributed by atoms with E-state index in [0.29, 0.717) is 37.6 Å². The molecule has 0 saturated carbocycles. The normalized spacial score (nSPS) is 16.0. The molecule has 0 spiro atoms. The Balaban J connectivity index is 1.62. The number of hydrogen-bond donors (Lipinski definition) is 1. The summed E-state index contributed by atoms with van der Waals surface area (Å²) in [6, 6.07) is 11.6. The van der Waals surface area contributed by atoms with E-state index >= 15 is 0 Å². The number of ether oxygens (including phenoxy) is 1. The van der Waals surface area contributed by atoms with Gasteiger partial charge in [-0.15, -0.1) is 0 Å². The van der Waals surface area contributed by atoms with Crippen LogP contribution in [0.2, 0.25) is 0 Å². The summed E-state index contributed by atoms with van der Waals surface area (Å²) in [5.74, 6) is 0.622. The second-order valence-corrected chi connectivity index (χ2v) is 8.18. The molecule has 1 aliphatic rings. The van der Waals surface area contributed by atoms with E-state index in [-0.39, 0.29) is 30.2 Å². The fourth-order valence-electron chi connectivity index (χ4n) is 3.41. The first-order chi connectivity index (χ1) is 14.5. The minimum Gasteiger partial charge on any atom is -0.376 e. The first kappa shape index (κ1) is 22.0. The van der Waals surface area contributed by atoms with E-state index in [1.807, 2.05) is 44.2 Å². The minimum absolute atomic E-state index is 0.0385. The van der Waals surface area contributed by atoms with Crippen LogP contribution in [0.3, 0.4) is 0 Å². The third-order valence-corrected chi connectivity index (χ3v) is 5.08. The van der Waals surface area contributed by atoms with E-state index in [1.54, 1.807) is 11.0 Å². The van der Waals surface area contributed by atoms with Crippen molar-refractivity contribution >= 4 is 11.8 Å². The number of amides is 2. The largest absolute Gasteiger partial charge is 0.376 e. The number of hydrogen-bond acceptors (Lipinski definition) is 5. The Kier molecular flexibility index (Phi) is 8.02. The predicted molar refractivity (Wildman–Crippen MR) is 113 cm³/mol. The summed E-state index contributed by atoms with van der Waals surface area (Å²) in [5.41, 5.74) is 1.37. The summed E-state index contributed by atoms with van der Waals surface area (Å²) in [4.78, 5) is 26.9. The van der Waals surface area contributed by atoms with E-state index in [1.165, 1.54) is 0 Å². The number of nitrogens with one attached hydrogen (secondary N) is 1. The molecular weight excluding hydrogens is 382 g/mol. The van der Waals surface area contributed by atoms with Crippen molar-refractivity contribution in [3.8, 4) is 0 Å². The van der Waals surface area contributed by atoms with Crippen molar-refractivity contribution in [1.82, 2.24) is 15.4 Å². The van der Waals surface area contributed by atoms with Crippen LogP contribution >= 0.6 is 0 Å². The number of benzene rings is 1. The summed E-state index contributed by atoms with van der Waals surface area (Å²) in [6.07, 6.45) is 3.09. The Labute approximate surface area is 177 Å². The summed E-state index contributed by atoms with van der Waals surface area (Å²) in [5, 5.41) is 6.70. The molecule has 2 amide bonds. The topological polar surface area (TPSA) is 84.7 Å². The zero-order valence-corrected chi connectivity index (χ0v) is 17.8. The SMILES string of the molecule is CC(C)CNC(=O)c1cc(CN(CC2CCCO2)C(=O)CCc2ccccc2)on1. The highest BCUT2D eigenvalue weighted by atomic mass is 16.5. The molecule has 1 saturated heterocycles. The van der Waals surface area contributed by atoms with Gasteiger partial charge in [-0.1, -0.05) is 49.3 Å². The molecule has 1 atom stereocenters. The van der Waals surface area contributed by atoms with Crippen LogP contribution in [0.15, 0.2) is 40.9 Å². The van der Waals surface area contributed by atoms with E-state index in [4.69, 9.17) is 9.26 Å². The molecule has 162 valence electrons. The van der Waals surface area contributed by atoms with Crippen LogP contribution in [0.25, 0.3) is 0 Å². The molecule has 1 aromatic carbocycles. The van der Waals surface area contributed by atoms with Crippen LogP contribution in [0.1, 0.15) is 54.9 Å². The van der Waals surface area contributed by atoms with Gasteiger partial charge >= 0.3 is 0 Å². The molecule has 7 heteroatoms. The number of aryl methyl sites for hydroxylation is 1. The lowest BCUT2D eigenvalue weighted by molar-refractivity contribution is -0.133. The standard InChI is InChI=1S/C23H31N3O4/c1-17(2)14-24-23(28)21-13-20(30-25-21)16-26(15-19-9-6-12-29-19)22(27)11-10-18-7-4-3-5-8-18/h3-5,7-8,13,17,19H,6,9-12,14-16H2,1-2H3,(H,24,28). The lowest BCUT2D eigenvalue weighted by atomic mass is 10.1. The smallest absolute Gasteiger partial charge is 0.273 e. The van der Waals surface area contributed by atoms with Gasteiger partial charge in [0.25, 0.3) is 5.91 Å². The molecule has 1 unspecified atom stereocenters. The lowest BCUT2D eigenvalue weighted by Crippen LogP contribution is -2.37. The summed E-state index contributed by atoms with van der Waals surface area (Å²) in [6.45, 7) is 6.15. The maximum Gasteiger partial charge on any atom is 0.273 e. The Morgan fingerprint density at radius 1 is 1.27 bits per heavy atom. The number of aromatic nitrogens is 1. The van der Waals surface area contributed by atoms with Crippen molar-refractivity contribution in [2.24, 2.45) is 5.92 Å². The summed E-state index contributed by atoms with van der Waals surface area (Å²) < 4.78 is 11.1. The van der Waals surface area contributed by atoms with Gasteiger partial charge in [-0.3, -0.25) is 9.59 Å².